The molecule has 0 aliphatic carbocycles. The molecule has 1 aromatic heterocycles. The number of halogens is 1. The lowest BCUT2D eigenvalue weighted by molar-refractivity contribution is 0.0473. The van der Waals surface area contributed by atoms with E-state index in [1.165, 1.54) is 0 Å². The van der Waals surface area contributed by atoms with E-state index in [1.807, 2.05) is 6.92 Å². The molecule has 1 aromatic rings. The molecule has 1 fully saturated rings. The van der Waals surface area contributed by atoms with Crippen molar-refractivity contribution in [3.63, 3.8) is 0 Å². The second-order valence-electron chi connectivity index (χ2n) is 4.97. The van der Waals surface area contributed by atoms with E-state index in [-0.39, 0.29) is 6.04 Å². The fourth-order valence-corrected chi connectivity index (χ4v) is 2.28. The van der Waals surface area contributed by atoms with E-state index in [1.54, 1.807) is 25.4 Å². The van der Waals surface area contributed by atoms with Crippen LogP contribution in [0.25, 0.3) is 0 Å². The van der Waals surface area contributed by atoms with Crippen LogP contribution < -0.4 is 10.1 Å². The van der Waals surface area contributed by atoms with Crippen molar-refractivity contribution < 1.29 is 13.9 Å². The second kappa shape index (κ2) is 6.30. The normalized spacial score (nSPS) is 22.8. The molecule has 0 saturated carbocycles. The zero-order valence-electron chi connectivity index (χ0n) is 11.5. The number of ether oxygens (including phenoxy) is 2. The monoisotopic (exact) mass is 268 g/mol. The lowest BCUT2D eigenvalue weighted by Gasteiger charge is -2.30. The smallest absolute Gasteiger partial charge is 0.137 e. The van der Waals surface area contributed by atoms with Crippen LogP contribution in [-0.4, -0.2) is 37.4 Å². The van der Waals surface area contributed by atoms with Gasteiger partial charge in [-0.15, -0.1) is 0 Å². The highest BCUT2D eigenvalue weighted by Gasteiger charge is 2.31. The Labute approximate surface area is 113 Å². The summed E-state index contributed by atoms with van der Waals surface area (Å²) in [5.41, 5.74) is -0.899. The Morgan fingerprint density at radius 2 is 2.42 bits per heavy atom. The number of morpholine rings is 1. The number of nitrogens with one attached hydrogen (secondary N) is 1. The van der Waals surface area contributed by atoms with Crippen molar-refractivity contribution >= 4 is 0 Å². The minimum Gasteiger partial charge on any atom is -0.492 e. The largest absolute Gasteiger partial charge is 0.492 e. The van der Waals surface area contributed by atoms with Crippen molar-refractivity contribution in [1.29, 1.82) is 0 Å². The maximum Gasteiger partial charge on any atom is 0.137 e. The predicted octanol–water partition coefficient (Wildman–Crippen LogP) is 2.04. The highest BCUT2D eigenvalue weighted by atomic mass is 19.1. The van der Waals surface area contributed by atoms with E-state index < -0.39 is 5.67 Å². The van der Waals surface area contributed by atoms with Crippen LogP contribution in [0.5, 0.6) is 5.75 Å². The van der Waals surface area contributed by atoms with E-state index >= 15 is 0 Å². The Morgan fingerprint density at radius 1 is 1.58 bits per heavy atom. The van der Waals surface area contributed by atoms with Gasteiger partial charge in [-0.1, -0.05) is 0 Å². The molecule has 0 aromatic carbocycles. The van der Waals surface area contributed by atoms with Crippen molar-refractivity contribution in [3.8, 4) is 5.75 Å². The standard InChI is InChI=1S/C14H21FN2O2/c1-3-19-13-6-11(8-16-9-13)14(2,15)7-12-10-18-5-4-17-12/h6,8-9,12,17H,3-5,7,10H2,1-2H3. The topological polar surface area (TPSA) is 43.4 Å². The molecule has 0 amide bonds. The van der Waals surface area contributed by atoms with Crippen LogP contribution in [0.1, 0.15) is 25.8 Å². The van der Waals surface area contributed by atoms with Gasteiger partial charge < -0.3 is 14.8 Å². The van der Waals surface area contributed by atoms with Crippen LogP contribution >= 0.6 is 0 Å². The van der Waals surface area contributed by atoms with Gasteiger partial charge in [0.2, 0.25) is 0 Å². The number of hydrogen-bond acceptors (Lipinski definition) is 4. The first kappa shape index (κ1) is 14.2. The lowest BCUT2D eigenvalue weighted by Crippen LogP contribution is -2.44. The van der Waals surface area contributed by atoms with Gasteiger partial charge in [-0.2, -0.15) is 0 Å². The van der Waals surface area contributed by atoms with Crippen LogP contribution in [0.3, 0.4) is 0 Å². The number of rotatable bonds is 5. The Kier molecular flexibility index (Phi) is 4.71. The molecule has 2 heterocycles. The molecule has 106 valence electrons. The van der Waals surface area contributed by atoms with Gasteiger partial charge in [0.05, 0.1) is 26.0 Å². The van der Waals surface area contributed by atoms with Crippen LogP contribution in [0.2, 0.25) is 0 Å². The summed E-state index contributed by atoms with van der Waals surface area (Å²) in [6, 6.07) is 1.76. The van der Waals surface area contributed by atoms with E-state index in [9.17, 15) is 4.39 Å². The fourth-order valence-electron chi connectivity index (χ4n) is 2.28. The SMILES string of the molecule is CCOc1cncc(C(C)(F)CC2COCCN2)c1. The summed E-state index contributed by atoms with van der Waals surface area (Å²) < 4.78 is 25.6. The van der Waals surface area contributed by atoms with Gasteiger partial charge in [-0.3, -0.25) is 4.98 Å². The molecule has 2 rings (SSSR count). The van der Waals surface area contributed by atoms with Gasteiger partial charge >= 0.3 is 0 Å². The molecular formula is C14H21FN2O2. The molecule has 0 spiro atoms. The third kappa shape index (κ3) is 3.88. The van der Waals surface area contributed by atoms with Gasteiger partial charge in [-0.05, 0) is 19.9 Å². The van der Waals surface area contributed by atoms with Gasteiger partial charge in [-0.25, -0.2) is 4.39 Å². The molecule has 2 atom stereocenters. The van der Waals surface area contributed by atoms with Gasteiger partial charge in [0, 0.05) is 30.8 Å². The lowest BCUT2D eigenvalue weighted by atomic mass is 9.91. The molecule has 2 unspecified atom stereocenters. The molecular weight excluding hydrogens is 247 g/mol. The molecule has 0 bridgehead atoms. The molecule has 1 N–H and O–H groups in total. The van der Waals surface area contributed by atoms with Gasteiger partial charge in [0.1, 0.15) is 11.4 Å². The van der Waals surface area contributed by atoms with Crippen LogP contribution in [-0.2, 0) is 10.4 Å². The highest BCUT2D eigenvalue weighted by Crippen LogP contribution is 2.32. The average Bonchev–Trinajstić information content (AvgIpc) is 2.40. The van der Waals surface area contributed by atoms with E-state index in [4.69, 9.17) is 9.47 Å². The summed E-state index contributed by atoms with van der Waals surface area (Å²) in [6.07, 6.45) is 3.53. The molecule has 1 aliphatic heterocycles. The van der Waals surface area contributed by atoms with Crippen molar-refractivity contribution in [2.45, 2.75) is 32.0 Å². The first-order valence-corrected chi connectivity index (χ1v) is 6.70. The van der Waals surface area contributed by atoms with Crippen molar-refractivity contribution in [2.24, 2.45) is 0 Å². The van der Waals surface area contributed by atoms with Crippen LogP contribution in [0.15, 0.2) is 18.5 Å². The van der Waals surface area contributed by atoms with Crippen LogP contribution in [0, 0.1) is 0 Å². The summed E-state index contributed by atoms with van der Waals surface area (Å²) in [5.74, 6) is 0.608. The van der Waals surface area contributed by atoms with Crippen molar-refractivity contribution in [2.75, 3.05) is 26.4 Å². The molecule has 4 nitrogen and oxygen atoms in total. The summed E-state index contributed by atoms with van der Waals surface area (Å²) in [7, 11) is 0. The number of hydrogen-bond donors (Lipinski definition) is 1. The molecule has 1 saturated heterocycles. The Hall–Kier alpha value is -1.20. The summed E-state index contributed by atoms with van der Waals surface area (Å²) in [4.78, 5) is 4.05. The third-order valence-corrected chi connectivity index (χ3v) is 3.25. The van der Waals surface area contributed by atoms with E-state index in [2.05, 4.69) is 10.3 Å². The minimum absolute atomic E-state index is 0.0412. The first-order valence-electron chi connectivity index (χ1n) is 6.70. The second-order valence-corrected chi connectivity index (χ2v) is 4.97. The number of alkyl halides is 1. The Morgan fingerprint density at radius 3 is 3.11 bits per heavy atom. The Balaban J connectivity index is 2.06. The fraction of sp³-hybridized carbons (Fsp3) is 0.643. The highest BCUT2D eigenvalue weighted by molar-refractivity contribution is 5.28. The molecule has 1 aliphatic rings. The maximum absolute atomic E-state index is 14.8. The van der Waals surface area contributed by atoms with Gasteiger partial charge in [0.25, 0.3) is 0 Å². The molecule has 0 radical (unpaired) electrons. The Bertz CT molecular complexity index is 406. The third-order valence-electron chi connectivity index (χ3n) is 3.25. The zero-order chi connectivity index (χ0) is 13.7. The van der Waals surface area contributed by atoms with Crippen molar-refractivity contribution in [1.82, 2.24) is 10.3 Å². The van der Waals surface area contributed by atoms with E-state index in [0.717, 1.165) is 6.54 Å². The van der Waals surface area contributed by atoms with E-state index in [0.29, 0.717) is 37.6 Å². The summed E-state index contributed by atoms with van der Waals surface area (Å²) in [6.45, 7) is 6.05. The zero-order valence-corrected chi connectivity index (χ0v) is 11.5. The number of nitrogens with zero attached hydrogens (tertiary/aromatic N) is 1. The minimum atomic E-state index is -1.45. The maximum atomic E-state index is 14.8. The first-order chi connectivity index (χ1) is 9.12. The predicted molar refractivity (Wildman–Crippen MR) is 71.1 cm³/mol. The summed E-state index contributed by atoms with van der Waals surface area (Å²) >= 11 is 0. The van der Waals surface area contributed by atoms with Crippen molar-refractivity contribution in [3.05, 3.63) is 24.0 Å². The summed E-state index contributed by atoms with van der Waals surface area (Å²) in [5, 5.41) is 3.27. The number of pyridine rings is 1. The quantitative estimate of drug-likeness (QED) is 0.887. The average molecular weight is 268 g/mol. The molecule has 19 heavy (non-hydrogen) atoms. The van der Waals surface area contributed by atoms with Gasteiger partial charge in [0.15, 0.2) is 0 Å². The van der Waals surface area contributed by atoms with Crippen LogP contribution in [0.4, 0.5) is 4.39 Å². The molecule has 5 heteroatoms. The number of aromatic nitrogens is 1.